The lowest BCUT2D eigenvalue weighted by atomic mass is 9.94. The van der Waals surface area contributed by atoms with Crippen LogP contribution in [0.4, 0.5) is 4.79 Å². The largest absolute Gasteiger partial charge is 0.507 e. The Bertz CT molecular complexity index is 1910. The van der Waals surface area contributed by atoms with Crippen LogP contribution in [0.5, 0.6) is 11.5 Å². The molecule has 2 aromatic rings. The van der Waals surface area contributed by atoms with Gasteiger partial charge in [-0.05, 0) is 55.2 Å². The van der Waals surface area contributed by atoms with E-state index in [-0.39, 0.29) is 41.0 Å². The lowest BCUT2D eigenvalue weighted by molar-refractivity contribution is -0.143. The molecule has 0 saturated carbocycles. The molecule has 5 atom stereocenters. The monoisotopic (exact) mass is 897 g/mol. The summed E-state index contributed by atoms with van der Waals surface area (Å²) < 4.78 is 0. The molecule has 1 heterocycles. The van der Waals surface area contributed by atoms with E-state index in [0.29, 0.717) is 12.1 Å². The number of hydrogen-bond acceptors (Lipinski definition) is 11. The van der Waals surface area contributed by atoms with E-state index in [9.17, 15) is 54.0 Å². The molecule has 1 aliphatic rings. The number of phenols is 2. The Labute approximate surface area is 374 Å². The highest BCUT2D eigenvalue weighted by Gasteiger charge is 2.34. The van der Waals surface area contributed by atoms with Gasteiger partial charge >= 0.3 is 12.0 Å². The van der Waals surface area contributed by atoms with E-state index in [1.165, 1.54) is 109 Å². The van der Waals surface area contributed by atoms with Crippen LogP contribution in [0.3, 0.4) is 0 Å². The van der Waals surface area contributed by atoms with E-state index < -0.39 is 85.0 Å². The average Bonchev–Trinajstić information content (AvgIpc) is 3.26. The molecular weight excluding hydrogens is 829 g/mol. The minimum atomic E-state index is -1.70. The number of nitrogens with one attached hydrogen (secondary N) is 5. The maximum absolute atomic E-state index is 13.9. The maximum atomic E-state index is 13.9. The molecule has 0 radical (unpaired) electrons. The lowest BCUT2D eigenvalue weighted by Crippen LogP contribution is -2.59. The quantitative estimate of drug-likeness (QED) is 0.0569. The van der Waals surface area contributed by atoms with Crippen LogP contribution in [0.1, 0.15) is 114 Å². The van der Waals surface area contributed by atoms with Crippen LogP contribution in [0.15, 0.2) is 36.4 Å². The zero-order valence-corrected chi connectivity index (χ0v) is 37.5. The fourth-order valence-corrected chi connectivity index (χ4v) is 7.41. The summed E-state index contributed by atoms with van der Waals surface area (Å²) in [5.41, 5.74) is 6.64. The van der Waals surface area contributed by atoms with Gasteiger partial charge in [0, 0.05) is 44.8 Å². The molecule has 1 aliphatic heterocycles. The minimum absolute atomic E-state index is 0.0498. The number of aliphatic hydroxyl groups excluding tert-OH is 1. The number of aromatic hydroxyl groups is 2. The molecule has 7 amide bonds. The van der Waals surface area contributed by atoms with E-state index in [0.717, 1.165) is 35.5 Å². The van der Waals surface area contributed by atoms with Crippen molar-refractivity contribution in [3.63, 3.8) is 0 Å². The van der Waals surface area contributed by atoms with Crippen LogP contribution < -0.4 is 32.3 Å². The number of hydrogen-bond donors (Lipinski definition) is 10. The number of phenolic OH excluding ortho intramolecular Hbond substituents is 2. The van der Waals surface area contributed by atoms with E-state index >= 15 is 0 Å². The Morgan fingerprint density at radius 1 is 0.797 bits per heavy atom. The van der Waals surface area contributed by atoms with Gasteiger partial charge in [0.15, 0.2) is 6.17 Å². The van der Waals surface area contributed by atoms with Gasteiger partial charge < -0.3 is 62.5 Å². The smallest absolute Gasteiger partial charge is 0.326 e. The van der Waals surface area contributed by atoms with Gasteiger partial charge in [0.25, 0.3) is 5.91 Å². The Morgan fingerprint density at radius 3 is 1.97 bits per heavy atom. The molecule has 19 heteroatoms. The van der Waals surface area contributed by atoms with Crippen molar-refractivity contribution in [3.05, 3.63) is 47.5 Å². The Kier molecular flexibility index (Phi) is 21.8. The predicted octanol–water partition coefficient (Wildman–Crippen LogP) is 2.51. The normalized spacial score (nSPS) is 17.1. The summed E-state index contributed by atoms with van der Waals surface area (Å²) in [7, 11) is 2.63. The number of rotatable bonds is 23. The average molecular weight is 897 g/mol. The van der Waals surface area contributed by atoms with Crippen molar-refractivity contribution >= 4 is 41.5 Å². The fourth-order valence-electron chi connectivity index (χ4n) is 7.41. The third kappa shape index (κ3) is 16.0. The first-order valence-corrected chi connectivity index (χ1v) is 22.2. The highest BCUT2D eigenvalue weighted by atomic mass is 16.4. The molecular formula is C45H68N8O11. The Balaban J connectivity index is 1.62. The van der Waals surface area contributed by atoms with Gasteiger partial charge in [0.05, 0.1) is 6.54 Å². The summed E-state index contributed by atoms with van der Waals surface area (Å²) in [6.07, 6.45) is 12.0. The number of aliphatic hydroxyl groups is 1. The number of urea groups is 1. The molecule has 4 bridgehead atoms. The number of aliphatic carboxylic acids is 1. The Hall–Kier alpha value is -5.95. The van der Waals surface area contributed by atoms with Crippen molar-refractivity contribution < 1.29 is 54.0 Å². The van der Waals surface area contributed by atoms with Crippen LogP contribution in [-0.4, -0.2) is 130 Å². The van der Waals surface area contributed by atoms with Crippen molar-refractivity contribution in [2.75, 3.05) is 33.8 Å². The first kappa shape index (κ1) is 52.4. The van der Waals surface area contributed by atoms with Crippen LogP contribution in [-0.2, 0) is 35.2 Å². The van der Waals surface area contributed by atoms with E-state index in [4.69, 9.17) is 5.73 Å². The molecule has 0 unspecified atom stereocenters. The van der Waals surface area contributed by atoms with Crippen molar-refractivity contribution in [3.8, 4) is 22.6 Å². The van der Waals surface area contributed by atoms with Crippen LogP contribution in [0.2, 0.25) is 0 Å². The number of carboxylic acids is 1. The van der Waals surface area contributed by atoms with Gasteiger partial charge in [-0.3, -0.25) is 24.0 Å². The molecule has 0 aromatic heterocycles. The second kappa shape index (κ2) is 26.6. The minimum Gasteiger partial charge on any atom is -0.507 e. The molecule has 354 valence electrons. The standard InChI is InChI=1S/C45H68N8O11/c1-5-6-7-8-9-10-11-12-13-14-15-16-22-47-45(64)52(3)34(21-23-54)41(59)51-39(46)43(61)48-27-37(57)53(4)38-30-18-20-36(56)32(26-30)31-24-29(17-19-35(31)55)25-33(44(62)63)50-40(58)28(2)49-42(38)60/h17-20,24,26,28,33-34,38-39,54-56H,5-16,21-23,25,27,46H2,1-4H3,(H,47,64)(H,48,61)(H,49,60)(H,50,58)(H,51,59)(H,62,63)/t28-,33-,34+,38-,39-/m0/s1. The molecule has 11 N–H and O–H groups in total. The topological polar surface area (TPSA) is 293 Å². The first-order valence-electron chi connectivity index (χ1n) is 22.2. The van der Waals surface area contributed by atoms with Crippen molar-refractivity contribution in [1.82, 2.24) is 36.4 Å². The summed E-state index contributed by atoms with van der Waals surface area (Å²) in [6, 6.07) is 2.21. The van der Waals surface area contributed by atoms with E-state index in [1.54, 1.807) is 0 Å². The number of carbonyl (C=O) groups is 7. The molecule has 0 aliphatic carbocycles. The third-order valence-electron chi connectivity index (χ3n) is 11.3. The number of nitrogens with two attached hydrogens (primary N) is 1. The first-order chi connectivity index (χ1) is 30.5. The summed E-state index contributed by atoms with van der Waals surface area (Å²) in [5.74, 6) is -6.32. The summed E-state index contributed by atoms with van der Waals surface area (Å²) in [4.78, 5) is 94.0. The zero-order valence-electron chi connectivity index (χ0n) is 37.5. The van der Waals surface area contributed by atoms with Crippen molar-refractivity contribution in [2.45, 2.75) is 134 Å². The number of nitrogens with zero attached hydrogens (tertiary/aromatic N) is 2. The Morgan fingerprint density at radius 2 is 1.38 bits per heavy atom. The van der Waals surface area contributed by atoms with Crippen LogP contribution in [0, 0.1) is 0 Å². The van der Waals surface area contributed by atoms with Gasteiger partial charge in [0.2, 0.25) is 23.6 Å². The lowest BCUT2D eigenvalue weighted by Gasteiger charge is -2.30. The van der Waals surface area contributed by atoms with Gasteiger partial charge in [-0.1, -0.05) is 89.7 Å². The maximum Gasteiger partial charge on any atom is 0.326 e. The number of carbonyl (C=O) groups excluding carboxylic acids is 6. The van der Waals surface area contributed by atoms with Crippen molar-refractivity contribution in [1.29, 1.82) is 0 Å². The van der Waals surface area contributed by atoms with Crippen LogP contribution in [0.25, 0.3) is 11.1 Å². The zero-order chi connectivity index (χ0) is 47.3. The SMILES string of the molecule is CCCCCCCCCCCCCCNC(=O)N(C)[C@H](CCO)C(=O)N[C@H](N)C(=O)NCC(=O)N(C)[C@@H]1C(=O)N[C@@H](C)C(=O)N[C@H](C(=O)O)Cc2ccc(O)c(c2)-c2cc1ccc2O. The van der Waals surface area contributed by atoms with E-state index in [2.05, 4.69) is 33.5 Å². The highest BCUT2D eigenvalue weighted by molar-refractivity contribution is 5.96. The summed E-state index contributed by atoms with van der Waals surface area (Å²) >= 11 is 0. The van der Waals surface area contributed by atoms with Gasteiger partial charge in [-0.2, -0.15) is 0 Å². The number of amides is 7. The number of likely N-dealkylation sites (N-methyl/N-ethyl adjacent to an activating group) is 2. The van der Waals surface area contributed by atoms with Gasteiger partial charge in [0.1, 0.15) is 35.7 Å². The summed E-state index contributed by atoms with van der Waals surface area (Å²) in [6.45, 7) is 2.75. The van der Waals surface area contributed by atoms with Gasteiger partial charge in [-0.15, -0.1) is 0 Å². The number of carboxylic acid groups (broad SMARTS) is 1. The van der Waals surface area contributed by atoms with Crippen molar-refractivity contribution in [2.24, 2.45) is 5.73 Å². The molecule has 19 nitrogen and oxygen atoms in total. The second-order valence-electron chi connectivity index (χ2n) is 16.3. The predicted molar refractivity (Wildman–Crippen MR) is 238 cm³/mol. The van der Waals surface area contributed by atoms with E-state index in [1.807, 2.05) is 0 Å². The summed E-state index contributed by atoms with van der Waals surface area (Å²) in [5, 5.41) is 53.4. The number of unbranched alkanes of at least 4 members (excludes halogenated alkanes) is 11. The van der Waals surface area contributed by atoms with Crippen LogP contribution >= 0.6 is 0 Å². The fraction of sp³-hybridized carbons (Fsp3) is 0.578. The molecule has 64 heavy (non-hydrogen) atoms. The molecule has 0 saturated heterocycles. The number of fused-ring (bicyclic) bond motifs is 5. The number of benzene rings is 2. The molecule has 0 spiro atoms. The third-order valence-corrected chi connectivity index (χ3v) is 11.3. The molecule has 0 fully saturated rings. The second-order valence-corrected chi connectivity index (χ2v) is 16.3. The highest BCUT2D eigenvalue weighted by Crippen LogP contribution is 2.38. The molecule has 2 aromatic carbocycles. The molecule has 3 rings (SSSR count). The van der Waals surface area contributed by atoms with Gasteiger partial charge in [-0.25, -0.2) is 9.59 Å².